The zero-order valence-electron chi connectivity index (χ0n) is 20.8. The van der Waals surface area contributed by atoms with Gasteiger partial charge in [0.05, 0.1) is 33.4 Å². The lowest BCUT2D eigenvalue weighted by atomic mass is 9.96. The summed E-state index contributed by atoms with van der Waals surface area (Å²) in [6.07, 6.45) is 3.36. The third kappa shape index (κ3) is 3.97. The minimum absolute atomic E-state index is 0.0997. The third-order valence-electron chi connectivity index (χ3n) is 6.67. The summed E-state index contributed by atoms with van der Waals surface area (Å²) in [6, 6.07) is 18.8. The smallest absolute Gasteiger partial charge is 0.320 e. The topological polar surface area (TPSA) is 121 Å². The van der Waals surface area contributed by atoms with E-state index < -0.39 is 22.2 Å². The van der Waals surface area contributed by atoms with Gasteiger partial charge in [-0.1, -0.05) is 30.3 Å². The van der Waals surface area contributed by atoms with Gasteiger partial charge in [-0.15, -0.1) is 11.3 Å². The van der Waals surface area contributed by atoms with E-state index in [0.717, 1.165) is 15.1 Å². The lowest BCUT2D eigenvalue weighted by Gasteiger charge is -2.34. The molecule has 0 aliphatic carbocycles. The van der Waals surface area contributed by atoms with Crippen LogP contribution in [0, 0.1) is 10.1 Å². The molecule has 1 aliphatic heterocycles. The quantitative estimate of drug-likeness (QED) is 0.244. The molecule has 6 rings (SSSR count). The number of nitrogens with zero attached hydrogens (tertiary/aromatic N) is 7. The van der Waals surface area contributed by atoms with E-state index >= 15 is 0 Å². The number of aromatic nitrogens is 4. The Bertz CT molecular complexity index is 1870. The van der Waals surface area contributed by atoms with Gasteiger partial charge in [0.2, 0.25) is 0 Å². The summed E-state index contributed by atoms with van der Waals surface area (Å²) in [5.41, 5.74) is 1.76. The standard InChI is InChI=1S/C27H21N7O4S/c1-30-25-22(26(35)31(2)27(30)36)24(32(16-28-25)18-10-6-11-19(14-18)34(37)38)20-15-33(17-8-4-3-5-9-17)29-23(20)21-12-7-13-39-21/h3-16,24H,1-2H3. The molecule has 0 radical (unpaired) electrons. The Labute approximate surface area is 225 Å². The Balaban J connectivity index is 1.67. The van der Waals surface area contributed by atoms with Crippen molar-refractivity contribution in [2.24, 2.45) is 19.1 Å². The lowest BCUT2D eigenvalue weighted by Crippen LogP contribution is -2.44. The highest BCUT2D eigenvalue weighted by atomic mass is 32.1. The molecule has 1 aliphatic rings. The van der Waals surface area contributed by atoms with Crippen LogP contribution in [0.25, 0.3) is 16.3 Å². The van der Waals surface area contributed by atoms with Gasteiger partial charge < -0.3 is 4.90 Å². The molecule has 1 atom stereocenters. The number of benzene rings is 2. The minimum Gasteiger partial charge on any atom is -0.320 e. The van der Waals surface area contributed by atoms with Crippen molar-refractivity contribution >= 4 is 34.9 Å². The van der Waals surface area contributed by atoms with Gasteiger partial charge in [-0.3, -0.25) is 24.0 Å². The first-order valence-electron chi connectivity index (χ1n) is 11.9. The first kappa shape index (κ1) is 24.2. The van der Waals surface area contributed by atoms with E-state index in [0.29, 0.717) is 16.9 Å². The molecule has 0 bridgehead atoms. The van der Waals surface area contributed by atoms with E-state index in [-0.39, 0.29) is 17.1 Å². The second-order valence-electron chi connectivity index (χ2n) is 8.96. The molecule has 0 saturated carbocycles. The van der Waals surface area contributed by atoms with E-state index in [1.807, 2.05) is 54.0 Å². The summed E-state index contributed by atoms with van der Waals surface area (Å²) >= 11 is 1.50. The van der Waals surface area contributed by atoms with Gasteiger partial charge in [0.25, 0.3) is 11.2 Å². The van der Waals surface area contributed by atoms with E-state index in [1.165, 1.54) is 41.4 Å². The molecular formula is C27H21N7O4S. The zero-order chi connectivity index (χ0) is 27.3. The average Bonchev–Trinajstić information content (AvgIpc) is 3.65. The van der Waals surface area contributed by atoms with Gasteiger partial charge in [0.1, 0.15) is 11.5 Å². The summed E-state index contributed by atoms with van der Waals surface area (Å²) in [5.74, 6) is 0.222. The van der Waals surface area contributed by atoms with E-state index in [4.69, 9.17) is 5.10 Å². The molecule has 0 amide bonds. The monoisotopic (exact) mass is 539 g/mol. The molecule has 5 aromatic rings. The molecule has 3 aromatic heterocycles. The molecule has 39 heavy (non-hydrogen) atoms. The van der Waals surface area contributed by atoms with Crippen LogP contribution in [0.15, 0.2) is 92.9 Å². The van der Waals surface area contributed by atoms with Crippen molar-refractivity contribution < 1.29 is 4.92 Å². The molecule has 0 spiro atoms. The van der Waals surface area contributed by atoms with Crippen LogP contribution in [0.1, 0.15) is 17.2 Å². The maximum atomic E-state index is 13.7. The van der Waals surface area contributed by atoms with Crippen molar-refractivity contribution in [2.45, 2.75) is 6.04 Å². The number of fused-ring (bicyclic) bond motifs is 1. The molecular weight excluding hydrogens is 518 g/mol. The number of aliphatic imine (C=N–C) groups is 1. The predicted molar refractivity (Wildman–Crippen MR) is 149 cm³/mol. The fraction of sp³-hybridized carbons (Fsp3) is 0.111. The maximum Gasteiger partial charge on any atom is 0.332 e. The number of thiophene rings is 1. The van der Waals surface area contributed by atoms with Gasteiger partial charge in [0.15, 0.2) is 0 Å². The highest BCUT2D eigenvalue weighted by molar-refractivity contribution is 7.13. The molecule has 0 saturated heterocycles. The normalized spacial score (nSPS) is 14.4. The van der Waals surface area contributed by atoms with Crippen molar-refractivity contribution in [3.05, 3.63) is 120 Å². The van der Waals surface area contributed by atoms with Crippen LogP contribution in [0.3, 0.4) is 0 Å². The van der Waals surface area contributed by atoms with Gasteiger partial charge in [-0.2, -0.15) is 5.10 Å². The Morgan fingerprint density at radius 3 is 2.44 bits per heavy atom. The van der Waals surface area contributed by atoms with Crippen LogP contribution in [0.4, 0.5) is 17.2 Å². The maximum absolute atomic E-state index is 13.7. The Kier molecular flexibility index (Phi) is 5.80. The molecule has 0 N–H and O–H groups in total. The highest BCUT2D eigenvalue weighted by Crippen LogP contribution is 2.42. The SMILES string of the molecule is Cn1c2c(c(=O)n(C)c1=O)C(c1cn(-c3ccccc3)nc1-c1cccs1)N(c1cccc([N+](=O)[O-])c1)C=N2. The van der Waals surface area contributed by atoms with E-state index in [1.54, 1.807) is 28.8 Å². The van der Waals surface area contributed by atoms with Crippen LogP contribution in [-0.4, -0.2) is 30.2 Å². The van der Waals surface area contributed by atoms with Gasteiger partial charge >= 0.3 is 5.69 Å². The molecule has 2 aromatic carbocycles. The number of anilines is 1. The Morgan fingerprint density at radius 1 is 0.949 bits per heavy atom. The van der Waals surface area contributed by atoms with Crippen LogP contribution >= 0.6 is 11.3 Å². The number of hydrogen-bond donors (Lipinski definition) is 0. The van der Waals surface area contributed by atoms with Crippen molar-refractivity contribution in [1.29, 1.82) is 0 Å². The first-order chi connectivity index (χ1) is 18.8. The summed E-state index contributed by atoms with van der Waals surface area (Å²) in [6.45, 7) is 0. The number of nitro groups is 1. The number of nitro benzene ring substituents is 1. The lowest BCUT2D eigenvalue weighted by molar-refractivity contribution is -0.384. The summed E-state index contributed by atoms with van der Waals surface area (Å²) in [4.78, 5) is 44.7. The summed E-state index contributed by atoms with van der Waals surface area (Å²) in [5, 5.41) is 18.4. The molecule has 12 heteroatoms. The van der Waals surface area contributed by atoms with Crippen molar-refractivity contribution in [3.63, 3.8) is 0 Å². The molecule has 0 fully saturated rings. The number of hydrogen-bond acceptors (Lipinski definition) is 8. The number of non-ortho nitro benzene ring substituents is 1. The second-order valence-corrected chi connectivity index (χ2v) is 9.91. The predicted octanol–water partition coefficient (Wildman–Crippen LogP) is 4.18. The number of para-hydroxylation sites is 1. The Hall–Kier alpha value is -5.10. The Morgan fingerprint density at radius 2 is 1.72 bits per heavy atom. The van der Waals surface area contributed by atoms with Crippen molar-refractivity contribution in [1.82, 2.24) is 18.9 Å². The fourth-order valence-corrected chi connectivity index (χ4v) is 5.50. The van der Waals surface area contributed by atoms with Crippen LogP contribution in [0.2, 0.25) is 0 Å². The average molecular weight is 540 g/mol. The van der Waals surface area contributed by atoms with Crippen LogP contribution in [0.5, 0.6) is 0 Å². The van der Waals surface area contributed by atoms with Gasteiger partial charge in [-0.05, 0) is 29.6 Å². The molecule has 11 nitrogen and oxygen atoms in total. The number of rotatable bonds is 5. The second kappa shape index (κ2) is 9.33. The molecule has 1 unspecified atom stereocenters. The largest absolute Gasteiger partial charge is 0.332 e. The van der Waals surface area contributed by atoms with Gasteiger partial charge in [0, 0.05) is 43.7 Å². The first-order valence-corrected chi connectivity index (χ1v) is 12.8. The van der Waals surface area contributed by atoms with Gasteiger partial charge in [-0.25, -0.2) is 14.5 Å². The third-order valence-corrected chi connectivity index (χ3v) is 7.55. The van der Waals surface area contributed by atoms with Crippen molar-refractivity contribution in [2.75, 3.05) is 4.90 Å². The fourth-order valence-electron chi connectivity index (χ4n) is 4.77. The van der Waals surface area contributed by atoms with E-state index in [2.05, 4.69) is 4.99 Å². The summed E-state index contributed by atoms with van der Waals surface area (Å²) < 4.78 is 4.12. The van der Waals surface area contributed by atoms with E-state index in [9.17, 15) is 19.7 Å². The minimum atomic E-state index is -0.792. The summed E-state index contributed by atoms with van der Waals surface area (Å²) in [7, 11) is 2.98. The van der Waals surface area contributed by atoms with Crippen molar-refractivity contribution in [3.8, 4) is 16.3 Å². The highest BCUT2D eigenvalue weighted by Gasteiger charge is 2.36. The zero-order valence-corrected chi connectivity index (χ0v) is 21.6. The molecule has 4 heterocycles. The van der Waals surface area contributed by atoms with Crippen LogP contribution < -0.4 is 16.1 Å². The van der Waals surface area contributed by atoms with Crippen LogP contribution in [-0.2, 0) is 14.1 Å². The molecule has 194 valence electrons.